The molecule has 0 bridgehead atoms. The molecule has 2 rings (SSSR count). The number of hydrazone groups is 1. The first kappa shape index (κ1) is 19.6. The quantitative estimate of drug-likeness (QED) is 0.392. The first-order valence-electron chi connectivity index (χ1n) is 7.15. The topological polar surface area (TPSA) is 59.9 Å². The molecule has 1 amide bonds. The monoisotopic (exact) mass is 442 g/mol. The first-order valence-corrected chi connectivity index (χ1v) is 9.31. The number of carbonyl (C=O) groups is 1. The highest BCUT2D eigenvalue weighted by Gasteiger charge is 2.08. The highest BCUT2D eigenvalue weighted by atomic mass is 79.9. The summed E-state index contributed by atoms with van der Waals surface area (Å²) in [5.41, 5.74) is 3.25. The van der Waals surface area contributed by atoms with Gasteiger partial charge in [0.1, 0.15) is 0 Å². The van der Waals surface area contributed by atoms with Gasteiger partial charge in [-0.05, 0) is 52.3 Å². The Labute approximate surface area is 163 Å². The maximum Gasteiger partial charge on any atom is 0.250 e. The van der Waals surface area contributed by atoms with Crippen LogP contribution in [0.25, 0.3) is 0 Å². The van der Waals surface area contributed by atoms with Gasteiger partial charge < -0.3 is 9.47 Å². The van der Waals surface area contributed by atoms with Crippen LogP contribution in [0.4, 0.5) is 0 Å². The van der Waals surface area contributed by atoms with Crippen LogP contribution in [0.5, 0.6) is 11.5 Å². The minimum absolute atomic E-state index is 0.201. The van der Waals surface area contributed by atoms with Crippen molar-refractivity contribution in [2.45, 2.75) is 4.90 Å². The molecule has 2 aromatic carbocycles. The van der Waals surface area contributed by atoms with E-state index in [1.54, 1.807) is 38.5 Å². The standard InChI is InChI=1S/C17H16BrClN2O3S/c1-23-15-7-11(14(18)8-16(15)24-2)9-20-21-17(22)10-25-13-5-3-12(19)4-6-13/h3-9H,10H2,1-2H3,(H,21,22)/b20-9-. The molecule has 0 unspecified atom stereocenters. The van der Waals surface area contributed by atoms with E-state index < -0.39 is 0 Å². The molecule has 0 radical (unpaired) electrons. The van der Waals surface area contributed by atoms with E-state index in [9.17, 15) is 4.79 Å². The van der Waals surface area contributed by atoms with Gasteiger partial charge in [0.25, 0.3) is 0 Å². The van der Waals surface area contributed by atoms with Crippen molar-refractivity contribution in [1.29, 1.82) is 0 Å². The van der Waals surface area contributed by atoms with Gasteiger partial charge in [0.2, 0.25) is 5.91 Å². The Hall–Kier alpha value is -1.70. The summed E-state index contributed by atoms with van der Waals surface area (Å²) in [7, 11) is 3.12. The van der Waals surface area contributed by atoms with Gasteiger partial charge in [-0.15, -0.1) is 11.8 Å². The summed E-state index contributed by atoms with van der Waals surface area (Å²) < 4.78 is 11.2. The number of hydrogen-bond acceptors (Lipinski definition) is 5. The fraction of sp³-hybridized carbons (Fsp3) is 0.176. The molecule has 5 nitrogen and oxygen atoms in total. The Balaban J connectivity index is 1.91. The van der Waals surface area contributed by atoms with Crippen LogP contribution in [0.3, 0.4) is 0 Å². The van der Waals surface area contributed by atoms with Crippen molar-refractivity contribution in [2.24, 2.45) is 5.10 Å². The van der Waals surface area contributed by atoms with Crippen molar-refractivity contribution in [3.05, 3.63) is 51.5 Å². The zero-order valence-corrected chi connectivity index (χ0v) is 16.7. The van der Waals surface area contributed by atoms with Gasteiger partial charge in [-0.2, -0.15) is 5.10 Å². The van der Waals surface area contributed by atoms with E-state index >= 15 is 0 Å². The van der Waals surface area contributed by atoms with Gasteiger partial charge in [0, 0.05) is 20.0 Å². The lowest BCUT2D eigenvalue weighted by Crippen LogP contribution is -2.19. The van der Waals surface area contributed by atoms with Crippen molar-refractivity contribution in [2.75, 3.05) is 20.0 Å². The molecule has 0 saturated carbocycles. The highest BCUT2D eigenvalue weighted by molar-refractivity contribution is 9.10. The molecule has 0 aliphatic heterocycles. The number of thioether (sulfide) groups is 1. The van der Waals surface area contributed by atoms with Gasteiger partial charge in [-0.3, -0.25) is 4.79 Å². The Bertz CT molecular complexity index is 769. The van der Waals surface area contributed by atoms with Crippen LogP contribution in [0.2, 0.25) is 5.02 Å². The summed E-state index contributed by atoms with van der Waals surface area (Å²) in [4.78, 5) is 12.8. The fourth-order valence-electron chi connectivity index (χ4n) is 1.85. The zero-order valence-electron chi connectivity index (χ0n) is 13.6. The maximum atomic E-state index is 11.9. The molecular formula is C17H16BrClN2O3S. The molecule has 0 atom stereocenters. The summed E-state index contributed by atoms with van der Waals surface area (Å²) in [6.07, 6.45) is 1.54. The number of nitrogens with zero attached hydrogens (tertiary/aromatic N) is 1. The summed E-state index contributed by atoms with van der Waals surface area (Å²) >= 11 is 10.7. The fourth-order valence-corrected chi connectivity index (χ4v) is 3.10. The molecule has 25 heavy (non-hydrogen) atoms. The average Bonchev–Trinajstić information content (AvgIpc) is 2.62. The molecule has 0 fully saturated rings. The van der Waals surface area contributed by atoms with Gasteiger partial charge in [0.15, 0.2) is 11.5 Å². The normalized spacial score (nSPS) is 10.7. The zero-order chi connectivity index (χ0) is 18.2. The summed E-state index contributed by atoms with van der Waals surface area (Å²) in [6, 6.07) is 10.8. The third-order valence-corrected chi connectivity index (χ3v) is 5.03. The number of methoxy groups -OCH3 is 2. The van der Waals surface area contributed by atoms with Crippen molar-refractivity contribution in [1.82, 2.24) is 5.43 Å². The third-order valence-electron chi connectivity index (χ3n) is 3.08. The van der Waals surface area contributed by atoms with Crippen LogP contribution < -0.4 is 14.9 Å². The lowest BCUT2D eigenvalue weighted by atomic mass is 10.2. The molecular weight excluding hydrogens is 428 g/mol. The predicted octanol–water partition coefficient (Wildman–Crippen LogP) is 4.36. The maximum absolute atomic E-state index is 11.9. The lowest BCUT2D eigenvalue weighted by molar-refractivity contribution is -0.118. The van der Waals surface area contributed by atoms with Crippen LogP contribution in [0.15, 0.2) is 50.9 Å². The number of halogens is 2. The number of amides is 1. The Kier molecular flexibility index (Phi) is 7.61. The van der Waals surface area contributed by atoms with E-state index in [4.69, 9.17) is 21.1 Å². The van der Waals surface area contributed by atoms with E-state index in [0.29, 0.717) is 16.5 Å². The third kappa shape index (κ3) is 5.95. The van der Waals surface area contributed by atoms with Crippen molar-refractivity contribution in [3.63, 3.8) is 0 Å². The number of carbonyl (C=O) groups excluding carboxylic acids is 1. The number of nitrogens with one attached hydrogen (secondary N) is 1. The van der Waals surface area contributed by atoms with Gasteiger partial charge in [0.05, 0.1) is 26.2 Å². The molecule has 0 saturated heterocycles. The minimum atomic E-state index is -0.201. The minimum Gasteiger partial charge on any atom is -0.493 e. The lowest BCUT2D eigenvalue weighted by Gasteiger charge is -2.09. The SMILES string of the molecule is COc1cc(Br)c(/C=N\NC(=O)CSc2ccc(Cl)cc2)cc1OC. The molecule has 0 aromatic heterocycles. The molecule has 132 valence electrons. The number of rotatable bonds is 7. The van der Waals surface area contributed by atoms with E-state index in [2.05, 4.69) is 26.5 Å². The van der Waals surface area contributed by atoms with Gasteiger partial charge in [-0.1, -0.05) is 11.6 Å². The largest absolute Gasteiger partial charge is 0.493 e. The van der Waals surface area contributed by atoms with E-state index in [1.165, 1.54) is 18.0 Å². The molecule has 1 N–H and O–H groups in total. The summed E-state index contributed by atoms with van der Waals surface area (Å²) in [6.45, 7) is 0. The predicted molar refractivity (Wildman–Crippen MR) is 105 cm³/mol. The molecule has 2 aromatic rings. The van der Waals surface area contributed by atoms with Crippen LogP contribution in [-0.4, -0.2) is 32.1 Å². The van der Waals surface area contributed by atoms with Gasteiger partial charge >= 0.3 is 0 Å². The van der Waals surface area contributed by atoms with Crippen molar-refractivity contribution in [3.8, 4) is 11.5 Å². The van der Waals surface area contributed by atoms with Crippen molar-refractivity contribution >= 4 is 51.4 Å². The first-order chi connectivity index (χ1) is 12.0. The molecule has 0 aliphatic carbocycles. The van der Waals surface area contributed by atoms with E-state index in [-0.39, 0.29) is 11.7 Å². The van der Waals surface area contributed by atoms with Crippen LogP contribution >= 0.6 is 39.3 Å². The summed E-state index contributed by atoms with van der Waals surface area (Å²) in [5, 5.41) is 4.64. The highest BCUT2D eigenvalue weighted by Crippen LogP contribution is 2.32. The smallest absolute Gasteiger partial charge is 0.250 e. The molecule has 0 heterocycles. The van der Waals surface area contributed by atoms with Crippen LogP contribution in [0, 0.1) is 0 Å². The van der Waals surface area contributed by atoms with Crippen LogP contribution in [0.1, 0.15) is 5.56 Å². The second-order valence-electron chi connectivity index (χ2n) is 4.76. The molecule has 0 aliphatic rings. The molecule has 0 spiro atoms. The van der Waals surface area contributed by atoms with Crippen LogP contribution in [-0.2, 0) is 4.79 Å². The number of hydrogen-bond donors (Lipinski definition) is 1. The second kappa shape index (κ2) is 9.70. The Morgan fingerprint density at radius 3 is 2.52 bits per heavy atom. The van der Waals surface area contributed by atoms with Gasteiger partial charge in [-0.25, -0.2) is 5.43 Å². The molecule has 8 heteroatoms. The average molecular weight is 444 g/mol. The number of benzene rings is 2. The van der Waals surface area contributed by atoms with Crippen molar-refractivity contribution < 1.29 is 14.3 Å². The van der Waals surface area contributed by atoms with E-state index in [0.717, 1.165) is 14.9 Å². The number of ether oxygens (including phenoxy) is 2. The summed E-state index contributed by atoms with van der Waals surface area (Å²) in [5.74, 6) is 1.24. The Morgan fingerprint density at radius 2 is 1.88 bits per heavy atom. The second-order valence-corrected chi connectivity index (χ2v) is 7.10. The van der Waals surface area contributed by atoms with E-state index in [1.807, 2.05) is 12.1 Å². The Morgan fingerprint density at radius 1 is 1.24 bits per heavy atom.